The molecule has 0 aliphatic heterocycles. The zero-order valence-corrected chi connectivity index (χ0v) is 7.70. The van der Waals surface area contributed by atoms with Gasteiger partial charge in [0.25, 0.3) is 5.69 Å². The molecule has 13 heavy (non-hydrogen) atoms. The van der Waals surface area contributed by atoms with Gasteiger partial charge < -0.3 is 5.73 Å². The van der Waals surface area contributed by atoms with Gasteiger partial charge in [0.15, 0.2) is 0 Å². The Bertz CT molecular complexity index is 348. The number of nitro benzene ring substituents is 1. The minimum Gasteiger partial charge on any atom is -0.326 e. The lowest BCUT2D eigenvalue weighted by molar-refractivity contribution is -0.385. The second kappa shape index (κ2) is 3.53. The van der Waals surface area contributed by atoms with E-state index in [2.05, 4.69) is 0 Å². The molecule has 0 unspecified atom stereocenters. The molecule has 4 heteroatoms. The lowest BCUT2D eigenvalue weighted by atomic mass is 10.0. The zero-order valence-electron chi connectivity index (χ0n) is 7.70. The van der Waals surface area contributed by atoms with Crippen LogP contribution in [0.4, 0.5) is 5.69 Å². The first kappa shape index (κ1) is 9.67. The zero-order chi connectivity index (χ0) is 10.0. The highest BCUT2D eigenvalue weighted by Crippen LogP contribution is 2.21. The Morgan fingerprint density at radius 1 is 1.38 bits per heavy atom. The first-order chi connectivity index (χ1) is 6.06. The molecule has 0 saturated heterocycles. The minimum atomic E-state index is -0.372. The van der Waals surface area contributed by atoms with E-state index >= 15 is 0 Å². The largest absolute Gasteiger partial charge is 0.326 e. The summed E-state index contributed by atoms with van der Waals surface area (Å²) in [6.45, 7) is 3.97. The summed E-state index contributed by atoms with van der Waals surface area (Å²) in [7, 11) is 0. The number of nitro groups is 1. The molecule has 0 radical (unpaired) electrons. The molecule has 2 N–H and O–H groups in total. The summed E-state index contributed by atoms with van der Waals surface area (Å²) in [5, 5.41) is 10.5. The van der Waals surface area contributed by atoms with Gasteiger partial charge in [-0.25, -0.2) is 0 Å². The summed E-state index contributed by atoms with van der Waals surface area (Å²) >= 11 is 0. The van der Waals surface area contributed by atoms with Crippen LogP contribution in [0.2, 0.25) is 0 Å². The quantitative estimate of drug-likeness (QED) is 0.556. The summed E-state index contributed by atoms with van der Waals surface area (Å²) < 4.78 is 0. The van der Waals surface area contributed by atoms with E-state index in [-0.39, 0.29) is 10.6 Å². The van der Waals surface area contributed by atoms with Crippen LogP contribution in [0, 0.1) is 24.0 Å². The lowest BCUT2D eigenvalue weighted by Crippen LogP contribution is -2.01. The van der Waals surface area contributed by atoms with Gasteiger partial charge in [0, 0.05) is 18.2 Å². The van der Waals surface area contributed by atoms with Gasteiger partial charge >= 0.3 is 0 Å². The van der Waals surface area contributed by atoms with Gasteiger partial charge in [-0.15, -0.1) is 0 Å². The van der Waals surface area contributed by atoms with E-state index < -0.39 is 0 Å². The Morgan fingerprint density at radius 3 is 2.46 bits per heavy atom. The molecular formula is C9H12N2O2. The Labute approximate surface area is 76.5 Å². The van der Waals surface area contributed by atoms with Crippen LogP contribution in [0.1, 0.15) is 16.7 Å². The third-order valence-electron chi connectivity index (χ3n) is 2.07. The molecule has 70 valence electrons. The Balaban J connectivity index is 3.28. The van der Waals surface area contributed by atoms with Crippen LogP contribution in [0.3, 0.4) is 0 Å². The van der Waals surface area contributed by atoms with Crippen molar-refractivity contribution in [3.05, 3.63) is 38.9 Å². The van der Waals surface area contributed by atoms with Crippen LogP contribution in [0.15, 0.2) is 12.1 Å². The summed E-state index contributed by atoms with van der Waals surface area (Å²) in [5.74, 6) is 0. The van der Waals surface area contributed by atoms with Crippen molar-refractivity contribution < 1.29 is 4.92 Å². The molecule has 0 aliphatic rings. The Morgan fingerprint density at radius 2 is 2.00 bits per heavy atom. The molecule has 0 fully saturated rings. The summed E-state index contributed by atoms with van der Waals surface area (Å²) in [4.78, 5) is 10.2. The normalized spacial score (nSPS) is 10.1. The third kappa shape index (κ3) is 1.84. The molecule has 1 aromatic carbocycles. The molecule has 0 saturated carbocycles. The fourth-order valence-electron chi connectivity index (χ4n) is 1.28. The average molecular weight is 180 g/mol. The van der Waals surface area contributed by atoms with Crippen LogP contribution in [0.25, 0.3) is 0 Å². The van der Waals surface area contributed by atoms with Gasteiger partial charge in [-0.2, -0.15) is 0 Å². The maximum Gasteiger partial charge on any atom is 0.272 e. The fourth-order valence-corrected chi connectivity index (χ4v) is 1.28. The fraction of sp³-hybridized carbons (Fsp3) is 0.333. The number of nitrogens with zero attached hydrogens (tertiary/aromatic N) is 1. The molecule has 0 aliphatic carbocycles. The maximum absolute atomic E-state index is 10.5. The van der Waals surface area contributed by atoms with Crippen LogP contribution in [-0.4, -0.2) is 4.92 Å². The van der Waals surface area contributed by atoms with Crippen molar-refractivity contribution in [2.24, 2.45) is 5.73 Å². The number of benzene rings is 1. The topological polar surface area (TPSA) is 69.2 Å². The summed E-state index contributed by atoms with van der Waals surface area (Å²) in [6, 6.07) is 3.34. The second-order valence-electron chi connectivity index (χ2n) is 3.03. The summed E-state index contributed by atoms with van der Waals surface area (Å²) in [6.07, 6.45) is 0. The van der Waals surface area contributed by atoms with Crippen molar-refractivity contribution in [2.45, 2.75) is 20.4 Å². The highest BCUT2D eigenvalue weighted by atomic mass is 16.6. The van der Waals surface area contributed by atoms with Crippen LogP contribution in [0.5, 0.6) is 0 Å². The van der Waals surface area contributed by atoms with Gasteiger partial charge in [0.05, 0.1) is 4.92 Å². The molecule has 0 bridgehead atoms. The molecule has 4 nitrogen and oxygen atoms in total. The Kier molecular flexibility index (Phi) is 2.63. The van der Waals surface area contributed by atoms with E-state index in [4.69, 9.17) is 5.73 Å². The van der Waals surface area contributed by atoms with Gasteiger partial charge in [0.1, 0.15) is 0 Å². The van der Waals surface area contributed by atoms with Crippen molar-refractivity contribution in [1.29, 1.82) is 0 Å². The monoisotopic (exact) mass is 180 g/mol. The van der Waals surface area contributed by atoms with E-state index in [1.807, 2.05) is 6.92 Å². The number of hydrogen-bond acceptors (Lipinski definition) is 3. The third-order valence-corrected chi connectivity index (χ3v) is 2.07. The highest BCUT2D eigenvalue weighted by molar-refractivity contribution is 5.46. The van der Waals surface area contributed by atoms with Gasteiger partial charge in [0.2, 0.25) is 0 Å². The average Bonchev–Trinajstić information content (AvgIpc) is 2.07. The predicted molar refractivity (Wildman–Crippen MR) is 50.5 cm³/mol. The molecular weight excluding hydrogens is 168 g/mol. The first-order valence-electron chi connectivity index (χ1n) is 4.01. The maximum atomic E-state index is 10.5. The smallest absolute Gasteiger partial charge is 0.272 e. The van der Waals surface area contributed by atoms with E-state index in [1.165, 1.54) is 0 Å². The summed E-state index contributed by atoms with van der Waals surface area (Å²) in [5.41, 5.74) is 8.14. The van der Waals surface area contributed by atoms with Gasteiger partial charge in [-0.05, 0) is 31.0 Å². The van der Waals surface area contributed by atoms with Crippen LogP contribution < -0.4 is 5.73 Å². The number of hydrogen-bond donors (Lipinski definition) is 1. The molecule has 0 amide bonds. The molecule has 0 atom stereocenters. The lowest BCUT2D eigenvalue weighted by Gasteiger charge is -2.04. The molecule has 0 spiro atoms. The van der Waals surface area contributed by atoms with Crippen molar-refractivity contribution in [1.82, 2.24) is 0 Å². The van der Waals surface area contributed by atoms with E-state index in [0.29, 0.717) is 12.1 Å². The van der Waals surface area contributed by atoms with Crippen LogP contribution >= 0.6 is 0 Å². The minimum absolute atomic E-state index is 0.162. The number of nitrogens with two attached hydrogens (primary N) is 1. The first-order valence-corrected chi connectivity index (χ1v) is 4.01. The van der Waals surface area contributed by atoms with Crippen molar-refractivity contribution >= 4 is 5.69 Å². The number of aryl methyl sites for hydroxylation is 2. The standard InChI is InChI=1S/C9H12N2O2/c1-6-4-9(11(12)13)7(2)3-8(6)5-10/h3-4H,5,10H2,1-2H3. The second-order valence-corrected chi connectivity index (χ2v) is 3.03. The number of rotatable bonds is 2. The van der Waals surface area contributed by atoms with E-state index in [0.717, 1.165) is 11.1 Å². The van der Waals surface area contributed by atoms with Crippen molar-refractivity contribution in [3.63, 3.8) is 0 Å². The SMILES string of the molecule is Cc1cc([N+](=O)[O-])c(C)cc1CN. The molecule has 1 aromatic rings. The predicted octanol–water partition coefficient (Wildman–Crippen LogP) is 1.67. The Hall–Kier alpha value is -1.42. The molecule has 0 heterocycles. The molecule has 0 aromatic heterocycles. The molecule has 1 rings (SSSR count). The van der Waals surface area contributed by atoms with Gasteiger partial charge in [-0.1, -0.05) is 0 Å². The van der Waals surface area contributed by atoms with E-state index in [1.54, 1.807) is 19.1 Å². The van der Waals surface area contributed by atoms with Gasteiger partial charge in [-0.3, -0.25) is 10.1 Å². The van der Waals surface area contributed by atoms with E-state index in [9.17, 15) is 10.1 Å². The highest BCUT2D eigenvalue weighted by Gasteiger charge is 2.11. The van der Waals surface area contributed by atoms with Crippen molar-refractivity contribution in [3.8, 4) is 0 Å². The van der Waals surface area contributed by atoms with Crippen LogP contribution in [-0.2, 0) is 6.54 Å². The van der Waals surface area contributed by atoms with Crippen molar-refractivity contribution in [2.75, 3.05) is 0 Å².